The first-order chi connectivity index (χ1) is 17.8. The minimum absolute atomic E-state index is 0.0724. The topological polar surface area (TPSA) is 26.9 Å². The molecule has 0 fully saturated rings. The van der Waals surface area contributed by atoms with Crippen molar-refractivity contribution in [2.75, 3.05) is 0 Å². The van der Waals surface area contributed by atoms with Crippen LogP contribution in [0.2, 0.25) is 0 Å². The first-order valence-corrected chi connectivity index (χ1v) is 12.1. The largest absolute Gasteiger partial charge is 0.316 e. The van der Waals surface area contributed by atoms with Crippen molar-refractivity contribution < 1.29 is 0 Å². The SMILES string of the molecule is O=c1c2ccccc2n(-c2ccc(C=Cn3c4ccccc4c4ccccc43)cc2)c2ccccc12. The highest BCUT2D eigenvalue weighted by Crippen LogP contribution is 2.29. The quantitative estimate of drug-likeness (QED) is 0.245. The third kappa shape index (κ3) is 3.10. The van der Waals surface area contributed by atoms with Crippen molar-refractivity contribution in [2.24, 2.45) is 0 Å². The third-order valence-electron chi connectivity index (χ3n) is 6.96. The molecule has 36 heavy (non-hydrogen) atoms. The minimum atomic E-state index is 0.0724. The molecule has 3 nitrogen and oxygen atoms in total. The van der Waals surface area contributed by atoms with Crippen molar-refractivity contribution in [1.29, 1.82) is 0 Å². The van der Waals surface area contributed by atoms with E-state index in [1.165, 1.54) is 21.8 Å². The molecule has 0 amide bonds. The van der Waals surface area contributed by atoms with Gasteiger partial charge in [-0.25, -0.2) is 0 Å². The van der Waals surface area contributed by atoms with Crippen LogP contribution in [0.15, 0.2) is 126 Å². The molecule has 3 heteroatoms. The van der Waals surface area contributed by atoms with Crippen LogP contribution in [0, 0.1) is 0 Å². The zero-order valence-electron chi connectivity index (χ0n) is 19.5. The first kappa shape index (κ1) is 20.5. The lowest BCUT2D eigenvalue weighted by molar-refractivity contribution is 1.16. The molecule has 5 aromatic carbocycles. The third-order valence-corrected chi connectivity index (χ3v) is 6.96. The molecule has 0 saturated heterocycles. The summed E-state index contributed by atoms with van der Waals surface area (Å²) in [5.74, 6) is 0. The van der Waals surface area contributed by atoms with Gasteiger partial charge in [0.25, 0.3) is 0 Å². The van der Waals surface area contributed by atoms with E-state index in [2.05, 4.69) is 94.2 Å². The summed E-state index contributed by atoms with van der Waals surface area (Å²) in [6.45, 7) is 0. The average molecular weight is 463 g/mol. The van der Waals surface area contributed by atoms with Crippen molar-refractivity contribution in [3.63, 3.8) is 0 Å². The fourth-order valence-corrected chi connectivity index (χ4v) is 5.28. The summed E-state index contributed by atoms with van der Waals surface area (Å²) >= 11 is 0. The van der Waals surface area contributed by atoms with Gasteiger partial charge in [0, 0.05) is 33.4 Å². The predicted molar refractivity (Wildman–Crippen MR) is 152 cm³/mol. The average Bonchev–Trinajstić information content (AvgIpc) is 3.26. The van der Waals surface area contributed by atoms with Crippen LogP contribution in [0.3, 0.4) is 0 Å². The van der Waals surface area contributed by atoms with Crippen LogP contribution < -0.4 is 5.43 Å². The number of nitrogens with zero attached hydrogens (tertiary/aromatic N) is 2. The van der Waals surface area contributed by atoms with E-state index >= 15 is 0 Å². The number of hydrogen-bond acceptors (Lipinski definition) is 1. The lowest BCUT2D eigenvalue weighted by Crippen LogP contribution is -2.10. The number of pyridine rings is 1. The van der Waals surface area contributed by atoms with E-state index in [9.17, 15) is 4.79 Å². The van der Waals surface area contributed by atoms with Crippen LogP contribution in [0.25, 0.3) is 61.6 Å². The van der Waals surface area contributed by atoms with Crippen molar-refractivity contribution in [1.82, 2.24) is 9.13 Å². The molecule has 0 radical (unpaired) electrons. The Labute approximate surface area is 207 Å². The van der Waals surface area contributed by atoms with Crippen molar-refractivity contribution >= 4 is 55.9 Å². The van der Waals surface area contributed by atoms with Crippen molar-refractivity contribution in [3.05, 3.63) is 137 Å². The number of aromatic nitrogens is 2. The standard InChI is InChI=1S/C33H22N2O/c36-33-27-11-3-7-15-31(27)35(32-16-8-4-12-28(32)33)24-19-17-23(18-20-24)21-22-34-29-13-5-1-9-25(29)26-10-2-6-14-30(26)34/h1-22H. The normalized spacial score (nSPS) is 11.9. The summed E-state index contributed by atoms with van der Waals surface area (Å²) in [5, 5.41) is 3.97. The Morgan fingerprint density at radius 3 is 1.44 bits per heavy atom. The Bertz CT molecular complexity index is 1890. The van der Waals surface area contributed by atoms with Gasteiger partial charge < -0.3 is 9.13 Å². The number of para-hydroxylation sites is 4. The second-order valence-electron chi connectivity index (χ2n) is 9.01. The van der Waals surface area contributed by atoms with Crippen LogP contribution in [-0.2, 0) is 0 Å². The molecule has 0 aliphatic heterocycles. The van der Waals surface area contributed by atoms with Gasteiger partial charge in [-0.15, -0.1) is 0 Å². The summed E-state index contributed by atoms with van der Waals surface area (Å²) in [5.41, 5.74) is 6.41. The second kappa shape index (κ2) is 8.10. The Morgan fingerprint density at radius 2 is 0.917 bits per heavy atom. The summed E-state index contributed by atoms with van der Waals surface area (Å²) in [6, 6.07) is 41.2. The number of benzene rings is 5. The van der Waals surface area contributed by atoms with Crippen LogP contribution in [0.1, 0.15) is 5.56 Å². The Balaban J connectivity index is 1.35. The van der Waals surface area contributed by atoms with Gasteiger partial charge in [-0.1, -0.05) is 72.8 Å². The van der Waals surface area contributed by atoms with E-state index in [0.29, 0.717) is 0 Å². The smallest absolute Gasteiger partial charge is 0.197 e. The van der Waals surface area contributed by atoms with Gasteiger partial charge in [0.1, 0.15) is 0 Å². The lowest BCUT2D eigenvalue weighted by Gasteiger charge is -2.15. The fourth-order valence-electron chi connectivity index (χ4n) is 5.28. The second-order valence-corrected chi connectivity index (χ2v) is 9.01. The molecule has 0 N–H and O–H groups in total. The summed E-state index contributed by atoms with van der Waals surface area (Å²) < 4.78 is 4.42. The van der Waals surface area contributed by atoms with Gasteiger partial charge in [-0.05, 0) is 60.2 Å². The van der Waals surface area contributed by atoms with Gasteiger partial charge in [0.05, 0.1) is 22.1 Å². The summed E-state index contributed by atoms with van der Waals surface area (Å²) in [4.78, 5) is 13.1. The fraction of sp³-hybridized carbons (Fsp3) is 0. The lowest BCUT2D eigenvalue weighted by atomic mass is 10.1. The zero-order valence-corrected chi connectivity index (χ0v) is 19.5. The van der Waals surface area contributed by atoms with Gasteiger partial charge in [0.2, 0.25) is 0 Å². The monoisotopic (exact) mass is 462 g/mol. The van der Waals surface area contributed by atoms with Gasteiger partial charge in [0.15, 0.2) is 5.43 Å². The molecular weight excluding hydrogens is 440 g/mol. The van der Waals surface area contributed by atoms with Gasteiger partial charge in [-0.3, -0.25) is 4.79 Å². The maximum atomic E-state index is 13.1. The van der Waals surface area contributed by atoms with Gasteiger partial charge in [-0.2, -0.15) is 0 Å². The predicted octanol–water partition coefficient (Wildman–Crippen LogP) is 7.88. The molecule has 0 spiro atoms. The zero-order chi connectivity index (χ0) is 24.1. The number of fused-ring (bicyclic) bond motifs is 5. The molecule has 2 aromatic heterocycles. The van der Waals surface area contributed by atoms with Crippen LogP contribution in [-0.4, -0.2) is 9.13 Å². The van der Waals surface area contributed by atoms with Crippen LogP contribution in [0.4, 0.5) is 0 Å². The van der Waals surface area contributed by atoms with E-state index in [0.717, 1.165) is 33.1 Å². The minimum Gasteiger partial charge on any atom is -0.316 e. The van der Waals surface area contributed by atoms with Crippen molar-refractivity contribution in [3.8, 4) is 5.69 Å². The molecule has 170 valence electrons. The van der Waals surface area contributed by atoms with E-state index in [-0.39, 0.29) is 5.43 Å². The maximum Gasteiger partial charge on any atom is 0.197 e. The van der Waals surface area contributed by atoms with Crippen molar-refractivity contribution in [2.45, 2.75) is 0 Å². The molecule has 0 unspecified atom stereocenters. The molecule has 0 bridgehead atoms. The maximum absolute atomic E-state index is 13.1. The Hall–Kier alpha value is -4.89. The molecule has 0 atom stereocenters. The molecule has 0 aliphatic carbocycles. The Morgan fingerprint density at radius 1 is 0.472 bits per heavy atom. The van der Waals surface area contributed by atoms with E-state index in [1.807, 2.05) is 48.5 Å². The highest BCUT2D eigenvalue weighted by atomic mass is 16.1. The highest BCUT2D eigenvalue weighted by Gasteiger charge is 2.11. The van der Waals surface area contributed by atoms with E-state index in [4.69, 9.17) is 0 Å². The molecule has 7 rings (SSSR count). The van der Waals surface area contributed by atoms with Crippen LogP contribution in [0.5, 0.6) is 0 Å². The summed E-state index contributed by atoms with van der Waals surface area (Å²) in [6.07, 6.45) is 4.29. The summed E-state index contributed by atoms with van der Waals surface area (Å²) in [7, 11) is 0. The van der Waals surface area contributed by atoms with Crippen LogP contribution >= 0.6 is 0 Å². The van der Waals surface area contributed by atoms with E-state index in [1.54, 1.807) is 0 Å². The van der Waals surface area contributed by atoms with Gasteiger partial charge >= 0.3 is 0 Å². The number of rotatable bonds is 3. The first-order valence-electron chi connectivity index (χ1n) is 12.1. The Kier molecular flexibility index (Phi) is 4.61. The molecule has 7 aromatic rings. The molecule has 0 saturated carbocycles. The molecule has 0 aliphatic rings. The molecule has 2 heterocycles. The highest BCUT2D eigenvalue weighted by molar-refractivity contribution is 6.09. The molecular formula is C33H22N2O. The number of hydrogen-bond donors (Lipinski definition) is 0. The van der Waals surface area contributed by atoms with E-state index < -0.39 is 0 Å².